The molecule has 0 radical (unpaired) electrons. The lowest BCUT2D eigenvalue weighted by atomic mass is 9.98. The topological polar surface area (TPSA) is 81.9 Å². The summed E-state index contributed by atoms with van der Waals surface area (Å²) in [7, 11) is 0. The van der Waals surface area contributed by atoms with Gasteiger partial charge in [-0.1, -0.05) is 36.4 Å². The summed E-state index contributed by atoms with van der Waals surface area (Å²) in [4.78, 5) is 27.4. The molecule has 1 fully saturated rings. The highest BCUT2D eigenvalue weighted by Gasteiger charge is 2.26. The van der Waals surface area contributed by atoms with Crippen molar-refractivity contribution < 1.29 is 19.1 Å². The second-order valence-corrected chi connectivity index (χ2v) is 8.41. The minimum Gasteiger partial charge on any atom is -0.489 e. The largest absolute Gasteiger partial charge is 0.489 e. The summed E-state index contributed by atoms with van der Waals surface area (Å²) in [6.07, 6.45) is 1.12. The van der Waals surface area contributed by atoms with Gasteiger partial charge < -0.3 is 15.2 Å². The summed E-state index contributed by atoms with van der Waals surface area (Å²) in [6, 6.07) is 18.8. The maximum Gasteiger partial charge on any atom is 0.339 e. The molecule has 1 saturated heterocycles. The minimum absolute atomic E-state index is 0.122. The van der Waals surface area contributed by atoms with Gasteiger partial charge in [-0.25, -0.2) is 4.79 Å². The summed E-state index contributed by atoms with van der Waals surface area (Å²) >= 11 is 0. The zero-order chi connectivity index (χ0) is 22.7. The predicted molar refractivity (Wildman–Crippen MR) is 124 cm³/mol. The number of benzene rings is 3. The summed E-state index contributed by atoms with van der Waals surface area (Å²) < 4.78 is 11.6. The number of carbonyl (C=O) groups is 2. The van der Waals surface area contributed by atoms with Gasteiger partial charge in [0.25, 0.3) is 0 Å². The molecule has 1 amide bonds. The molecule has 1 aliphatic rings. The van der Waals surface area contributed by atoms with Crippen LogP contribution in [0.1, 0.15) is 46.5 Å². The number of primary amides is 1. The maximum absolute atomic E-state index is 12.7. The van der Waals surface area contributed by atoms with E-state index in [-0.39, 0.29) is 23.8 Å². The SMILES string of the molecule is CC(C)N1CCC(Oc2ccc3c(C(N)=O)c(C(=O)OCc4ccccc4)ccc3c2)C1. The Hall–Kier alpha value is -3.38. The molecule has 1 aliphatic heterocycles. The van der Waals surface area contributed by atoms with Crippen LogP contribution < -0.4 is 10.5 Å². The normalized spacial score (nSPS) is 16.4. The van der Waals surface area contributed by atoms with Crippen LogP contribution in [0, 0.1) is 0 Å². The van der Waals surface area contributed by atoms with E-state index in [1.54, 1.807) is 18.2 Å². The molecule has 3 aromatic rings. The van der Waals surface area contributed by atoms with Crippen molar-refractivity contribution in [2.24, 2.45) is 5.73 Å². The fraction of sp³-hybridized carbons (Fsp3) is 0.308. The van der Waals surface area contributed by atoms with Gasteiger partial charge >= 0.3 is 5.97 Å². The zero-order valence-corrected chi connectivity index (χ0v) is 18.4. The number of esters is 1. The van der Waals surface area contributed by atoms with Crippen molar-refractivity contribution in [2.45, 2.75) is 39.0 Å². The number of nitrogens with zero attached hydrogens (tertiary/aromatic N) is 1. The molecule has 0 aliphatic carbocycles. The summed E-state index contributed by atoms with van der Waals surface area (Å²) in [5.41, 5.74) is 6.85. The van der Waals surface area contributed by atoms with Crippen LogP contribution in [-0.2, 0) is 11.3 Å². The van der Waals surface area contributed by atoms with Crippen molar-refractivity contribution in [1.82, 2.24) is 4.90 Å². The van der Waals surface area contributed by atoms with Gasteiger partial charge in [0.15, 0.2) is 0 Å². The van der Waals surface area contributed by atoms with Crippen LogP contribution in [0.15, 0.2) is 60.7 Å². The minimum atomic E-state index is -0.667. The number of rotatable bonds is 7. The second kappa shape index (κ2) is 9.40. The lowest BCUT2D eigenvalue weighted by molar-refractivity contribution is 0.0470. The summed E-state index contributed by atoms with van der Waals surface area (Å²) in [6.45, 7) is 6.42. The van der Waals surface area contributed by atoms with Gasteiger partial charge in [0.05, 0.1) is 11.1 Å². The van der Waals surface area contributed by atoms with E-state index >= 15 is 0 Å². The second-order valence-electron chi connectivity index (χ2n) is 8.41. The average Bonchev–Trinajstić information content (AvgIpc) is 3.26. The highest BCUT2D eigenvalue weighted by atomic mass is 16.5. The first-order valence-corrected chi connectivity index (χ1v) is 10.9. The van der Waals surface area contributed by atoms with E-state index in [0.717, 1.165) is 36.2 Å². The predicted octanol–water partition coefficient (Wildman–Crippen LogP) is 4.16. The van der Waals surface area contributed by atoms with Crippen LogP contribution in [0.4, 0.5) is 0 Å². The Balaban J connectivity index is 1.55. The van der Waals surface area contributed by atoms with E-state index in [4.69, 9.17) is 15.2 Å². The van der Waals surface area contributed by atoms with E-state index < -0.39 is 11.9 Å². The molecule has 6 nitrogen and oxygen atoms in total. The Morgan fingerprint density at radius 1 is 1.09 bits per heavy atom. The first-order chi connectivity index (χ1) is 15.4. The van der Waals surface area contributed by atoms with E-state index in [1.165, 1.54) is 0 Å². The standard InChI is InChI=1S/C26H28N2O4/c1-17(2)28-13-12-21(15-28)32-20-9-11-22-19(14-20)8-10-23(24(22)25(27)29)26(30)31-16-18-6-4-3-5-7-18/h3-11,14,17,21H,12-13,15-16H2,1-2H3,(H2,27,29). The van der Waals surface area contributed by atoms with Crippen molar-refractivity contribution in [3.8, 4) is 5.75 Å². The van der Waals surface area contributed by atoms with Crippen molar-refractivity contribution in [3.05, 3.63) is 77.4 Å². The first-order valence-electron chi connectivity index (χ1n) is 10.9. The number of hydrogen-bond acceptors (Lipinski definition) is 5. The molecule has 3 aromatic carbocycles. The fourth-order valence-electron chi connectivity index (χ4n) is 4.13. The number of nitrogens with two attached hydrogens (primary N) is 1. The number of amides is 1. The molecule has 1 unspecified atom stereocenters. The van der Waals surface area contributed by atoms with Crippen molar-refractivity contribution in [3.63, 3.8) is 0 Å². The number of hydrogen-bond donors (Lipinski definition) is 1. The Morgan fingerprint density at radius 3 is 2.56 bits per heavy atom. The van der Waals surface area contributed by atoms with Crippen LogP contribution in [0.2, 0.25) is 0 Å². The van der Waals surface area contributed by atoms with Gasteiger partial charge in [-0.05, 0) is 60.9 Å². The fourth-order valence-corrected chi connectivity index (χ4v) is 4.13. The smallest absolute Gasteiger partial charge is 0.339 e. The maximum atomic E-state index is 12.7. The van der Waals surface area contributed by atoms with Gasteiger partial charge in [0.2, 0.25) is 5.91 Å². The van der Waals surface area contributed by atoms with Gasteiger partial charge in [-0.2, -0.15) is 0 Å². The lowest BCUT2D eigenvalue weighted by Crippen LogP contribution is -2.30. The highest BCUT2D eigenvalue weighted by Crippen LogP contribution is 2.29. The molecule has 166 valence electrons. The van der Waals surface area contributed by atoms with E-state index in [9.17, 15) is 9.59 Å². The van der Waals surface area contributed by atoms with Crippen LogP contribution in [0.25, 0.3) is 10.8 Å². The van der Waals surface area contributed by atoms with Crippen LogP contribution >= 0.6 is 0 Å². The molecule has 6 heteroatoms. The molecule has 0 spiro atoms. The molecule has 0 aromatic heterocycles. The zero-order valence-electron chi connectivity index (χ0n) is 18.4. The third kappa shape index (κ3) is 4.75. The molecule has 2 N–H and O–H groups in total. The van der Waals surface area contributed by atoms with Gasteiger partial charge in [0.1, 0.15) is 18.5 Å². The molecule has 4 rings (SSSR count). The number of fused-ring (bicyclic) bond motifs is 1. The Morgan fingerprint density at radius 2 is 1.88 bits per heavy atom. The van der Waals surface area contributed by atoms with Crippen molar-refractivity contribution in [2.75, 3.05) is 13.1 Å². The van der Waals surface area contributed by atoms with Gasteiger partial charge in [0, 0.05) is 19.1 Å². The number of likely N-dealkylation sites (tertiary alicyclic amines) is 1. The highest BCUT2D eigenvalue weighted by molar-refractivity contribution is 6.14. The van der Waals surface area contributed by atoms with Crippen molar-refractivity contribution >= 4 is 22.6 Å². The van der Waals surface area contributed by atoms with E-state index in [0.29, 0.717) is 11.4 Å². The van der Waals surface area contributed by atoms with E-state index in [2.05, 4.69) is 18.7 Å². The monoisotopic (exact) mass is 432 g/mol. The quantitative estimate of drug-likeness (QED) is 0.567. The molecule has 1 heterocycles. The molecular weight excluding hydrogens is 404 g/mol. The van der Waals surface area contributed by atoms with Gasteiger partial charge in [-0.3, -0.25) is 9.69 Å². The summed E-state index contributed by atoms with van der Waals surface area (Å²) in [5, 5.41) is 1.39. The van der Waals surface area contributed by atoms with E-state index in [1.807, 2.05) is 42.5 Å². The number of ether oxygens (including phenoxy) is 2. The van der Waals surface area contributed by atoms with Crippen LogP contribution in [0.5, 0.6) is 5.75 Å². The van der Waals surface area contributed by atoms with Crippen LogP contribution in [0.3, 0.4) is 0 Å². The molecule has 0 bridgehead atoms. The molecule has 1 atom stereocenters. The summed E-state index contributed by atoms with van der Waals surface area (Å²) in [5.74, 6) is -0.508. The van der Waals surface area contributed by atoms with Crippen molar-refractivity contribution in [1.29, 1.82) is 0 Å². The Labute approximate surface area is 187 Å². The van der Waals surface area contributed by atoms with Crippen LogP contribution in [-0.4, -0.2) is 42.0 Å². The third-order valence-corrected chi connectivity index (χ3v) is 5.88. The molecule has 32 heavy (non-hydrogen) atoms. The van der Waals surface area contributed by atoms with Gasteiger partial charge in [-0.15, -0.1) is 0 Å². The first kappa shape index (κ1) is 21.8. The third-order valence-electron chi connectivity index (χ3n) is 5.88. The number of carbonyl (C=O) groups excluding carboxylic acids is 2. The molecular formula is C26H28N2O4. The lowest BCUT2D eigenvalue weighted by Gasteiger charge is -2.20. The Bertz CT molecular complexity index is 1130. The average molecular weight is 433 g/mol. The molecule has 0 saturated carbocycles. The Kier molecular flexibility index (Phi) is 6.42.